The molecule has 2 aromatic heterocycles. The normalized spacial score (nSPS) is 15.5. The number of rotatable bonds is 10. The number of imidazole rings is 1. The number of aromatic amines is 1. The van der Waals surface area contributed by atoms with Crippen molar-refractivity contribution in [3.63, 3.8) is 0 Å². The van der Waals surface area contributed by atoms with Gasteiger partial charge in [-0.3, -0.25) is 14.7 Å². The molecule has 46 heavy (non-hydrogen) atoms. The Morgan fingerprint density at radius 1 is 1.02 bits per heavy atom. The number of aromatic nitrogens is 3. The summed E-state index contributed by atoms with van der Waals surface area (Å²) in [6.07, 6.45) is 5.07. The van der Waals surface area contributed by atoms with Gasteiger partial charge in [-0.15, -0.1) is 0 Å². The van der Waals surface area contributed by atoms with Crippen LogP contribution in [0.5, 0.6) is 0 Å². The number of aryl methyl sites for hydroxylation is 1. The van der Waals surface area contributed by atoms with Crippen molar-refractivity contribution >= 4 is 46.1 Å². The number of fused-ring (bicyclic) bond motifs is 1. The maximum absolute atomic E-state index is 13.9. The van der Waals surface area contributed by atoms with Crippen molar-refractivity contribution in [3.05, 3.63) is 123 Å². The summed E-state index contributed by atoms with van der Waals surface area (Å²) < 4.78 is 0. The second-order valence-corrected chi connectivity index (χ2v) is 13.0. The first kappa shape index (κ1) is 32.0. The van der Waals surface area contributed by atoms with Gasteiger partial charge in [0, 0.05) is 56.0 Å². The molecule has 0 radical (unpaired) electrons. The minimum absolute atomic E-state index is 0.00698. The minimum Gasteiger partial charge on any atom is -0.353 e. The predicted octanol–water partition coefficient (Wildman–Crippen LogP) is 8.33. The number of para-hydroxylation sites is 1. The highest BCUT2D eigenvalue weighted by Crippen LogP contribution is 2.35. The number of halogens is 2. The van der Waals surface area contributed by atoms with E-state index in [1.54, 1.807) is 0 Å². The Morgan fingerprint density at radius 2 is 1.80 bits per heavy atom. The van der Waals surface area contributed by atoms with Gasteiger partial charge in [0.15, 0.2) is 0 Å². The van der Waals surface area contributed by atoms with E-state index in [0.717, 1.165) is 78.1 Å². The number of piperidine rings is 1. The van der Waals surface area contributed by atoms with Crippen LogP contribution >= 0.6 is 23.2 Å². The number of hydrogen-bond donors (Lipinski definition) is 2. The number of benzene rings is 3. The van der Waals surface area contributed by atoms with Crippen molar-refractivity contribution in [1.29, 1.82) is 0 Å². The van der Waals surface area contributed by atoms with Crippen LogP contribution in [0, 0.1) is 6.92 Å². The third kappa shape index (κ3) is 7.07. The lowest BCUT2D eigenvalue weighted by atomic mass is 9.90. The number of anilines is 1. The number of carbonyl (C=O) groups is 1. The van der Waals surface area contributed by atoms with Crippen LogP contribution in [0.4, 0.5) is 5.95 Å². The largest absolute Gasteiger partial charge is 0.353 e. The molecule has 5 aromatic rings. The Morgan fingerprint density at radius 3 is 2.50 bits per heavy atom. The molecule has 1 amide bonds. The van der Waals surface area contributed by atoms with Gasteiger partial charge in [-0.25, -0.2) is 4.98 Å². The fraction of sp³-hybridized carbons (Fsp3) is 0.324. The van der Waals surface area contributed by atoms with Crippen LogP contribution in [-0.2, 0) is 6.42 Å². The molecule has 9 heteroatoms. The molecule has 6 rings (SSSR count). The summed E-state index contributed by atoms with van der Waals surface area (Å²) in [6, 6.07) is 26.1. The quantitative estimate of drug-likeness (QED) is 0.158. The van der Waals surface area contributed by atoms with Gasteiger partial charge in [0.1, 0.15) is 0 Å². The van der Waals surface area contributed by atoms with Gasteiger partial charge in [0.25, 0.3) is 5.91 Å². The molecule has 0 aliphatic carbocycles. The van der Waals surface area contributed by atoms with Crippen LogP contribution in [0.25, 0.3) is 11.0 Å². The highest BCUT2D eigenvalue weighted by molar-refractivity contribution is 6.42. The lowest BCUT2D eigenvalue weighted by Crippen LogP contribution is -2.55. The first-order chi connectivity index (χ1) is 22.3. The van der Waals surface area contributed by atoms with E-state index in [-0.39, 0.29) is 24.0 Å². The molecule has 0 bridgehead atoms. The molecule has 3 aromatic carbocycles. The minimum atomic E-state index is -0.155. The topological polar surface area (TPSA) is 77.2 Å². The molecule has 3 heterocycles. The van der Waals surface area contributed by atoms with Gasteiger partial charge in [0.2, 0.25) is 5.95 Å². The number of carbonyl (C=O) groups excluding carboxylic acids is 1. The van der Waals surface area contributed by atoms with Crippen LogP contribution in [0.3, 0.4) is 0 Å². The van der Waals surface area contributed by atoms with Crippen LogP contribution in [0.15, 0.2) is 85.1 Å². The standard InChI is InChI=1S/C37H40Cl2N6O/c1-4-30(26-15-16-31(38)32(39)23-26)35(44(3)36(46)25-13-11-24(2)12-14-25)45-20-17-28(18-21-45)41-37-42-33-10-7-8-27(34(33)43-37)22-29-9-5-6-19-40-29/h5-16,19,23,28,30,35H,4,17-18,20-22H2,1-3H3,(H2,41,42,43). The second kappa shape index (κ2) is 14.2. The Labute approximate surface area is 281 Å². The molecular weight excluding hydrogens is 615 g/mol. The highest BCUT2D eigenvalue weighted by Gasteiger charge is 2.36. The maximum Gasteiger partial charge on any atom is 0.254 e. The van der Waals surface area contributed by atoms with Crippen LogP contribution < -0.4 is 5.32 Å². The lowest BCUT2D eigenvalue weighted by molar-refractivity contribution is 0.0201. The monoisotopic (exact) mass is 654 g/mol. The molecule has 7 nitrogen and oxygen atoms in total. The first-order valence-corrected chi connectivity index (χ1v) is 16.7. The van der Waals surface area contributed by atoms with E-state index in [2.05, 4.69) is 45.3 Å². The summed E-state index contributed by atoms with van der Waals surface area (Å²) >= 11 is 12.8. The predicted molar refractivity (Wildman–Crippen MR) is 188 cm³/mol. The second-order valence-electron chi connectivity index (χ2n) is 12.2. The lowest BCUT2D eigenvalue weighted by Gasteiger charge is -2.45. The number of pyridine rings is 1. The molecule has 0 saturated carbocycles. The van der Waals surface area contributed by atoms with Crippen molar-refractivity contribution in [2.45, 2.75) is 57.7 Å². The van der Waals surface area contributed by atoms with Gasteiger partial charge >= 0.3 is 0 Å². The molecule has 1 saturated heterocycles. The molecule has 1 fully saturated rings. The number of likely N-dealkylation sites (tertiary alicyclic amines) is 1. The van der Waals surface area contributed by atoms with Crippen LogP contribution in [-0.4, -0.2) is 63.0 Å². The van der Waals surface area contributed by atoms with Gasteiger partial charge < -0.3 is 15.2 Å². The van der Waals surface area contributed by atoms with Crippen molar-refractivity contribution < 1.29 is 4.79 Å². The van der Waals surface area contributed by atoms with Crippen LogP contribution in [0.1, 0.15) is 64.8 Å². The average Bonchev–Trinajstić information content (AvgIpc) is 3.49. The molecule has 2 unspecified atom stereocenters. The summed E-state index contributed by atoms with van der Waals surface area (Å²) in [6.45, 7) is 5.86. The smallest absolute Gasteiger partial charge is 0.254 e. The van der Waals surface area contributed by atoms with E-state index >= 15 is 0 Å². The van der Waals surface area contributed by atoms with Gasteiger partial charge in [0.05, 0.1) is 27.2 Å². The van der Waals surface area contributed by atoms with Gasteiger partial charge in [-0.05, 0) is 79.8 Å². The Kier molecular flexibility index (Phi) is 9.92. The fourth-order valence-corrected chi connectivity index (χ4v) is 6.96. The van der Waals surface area contributed by atoms with Crippen molar-refractivity contribution in [2.75, 3.05) is 25.5 Å². The maximum atomic E-state index is 13.9. The molecule has 2 atom stereocenters. The summed E-state index contributed by atoms with van der Waals surface area (Å²) in [7, 11) is 1.92. The molecule has 1 aliphatic heterocycles. The number of likely N-dealkylation sites (N-methyl/N-ethyl adjacent to an activating group) is 1. The summed E-state index contributed by atoms with van der Waals surface area (Å²) in [4.78, 5) is 31.2. The van der Waals surface area contributed by atoms with Crippen molar-refractivity contribution in [2.24, 2.45) is 0 Å². The SMILES string of the molecule is CCC(c1ccc(Cl)c(Cl)c1)C(N1CCC(Nc2nc3c(Cc4ccccn4)cccc3[nH]2)CC1)N(C)C(=O)c1ccc(C)cc1. The average molecular weight is 656 g/mol. The third-order valence-corrected chi connectivity index (χ3v) is 9.86. The van der Waals surface area contributed by atoms with Crippen molar-refractivity contribution in [3.8, 4) is 0 Å². The molecule has 238 valence electrons. The van der Waals surface area contributed by atoms with E-state index in [1.807, 2.05) is 85.7 Å². The van der Waals surface area contributed by atoms with E-state index in [0.29, 0.717) is 15.6 Å². The summed E-state index contributed by atoms with van der Waals surface area (Å²) in [5.41, 5.74) is 7.04. The fourth-order valence-electron chi connectivity index (χ4n) is 6.65. The Hall–Kier alpha value is -3.91. The summed E-state index contributed by atoms with van der Waals surface area (Å²) in [5.74, 6) is 0.839. The van der Waals surface area contributed by atoms with Crippen molar-refractivity contribution in [1.82, 2.24) is 24.8 Å². The first-order valence-electron chi connectivity index (χ1n) is 16.0. The molecule has 0 spiro atoms. The number of amides is 1. The van der Waals surface area contributed by atoms with Gasteiger partial charge in [-0.1, -0.05) is 72.1 Å². The van der Waals surface area contributed by atoms with Gasteiger partial charge in [-0.2, -0.15) is 0 Å². The zero-order chi connectivity index (χ0) is 32.2. The third-order valence-electron chi connectivity index (χ3n) is 9.13. The molecular formula is C37H40Cl2N6O. The molecule has 1 aliphatic rings. The zero-order valence-corrected chi connectivity index (χ0v) is 28.0. The number of nitrogens with zero attached hydrogens (tertiary/aromatic N) is 4. The number of hydrogen-bond acceptors (Lipinski definition) is 5. The number of nitrogens with one attached hydrogen (secondary N) is 2. The van der Waals surface area contributed by atoms with E-state index in [1.165, 1.54) is 0 Å². The summed E-state index contributed by atoms with van der Waals surface area (Å²) in [5, 5.41) is 4.73. The van der Waals surface area contributed by atoms with E-state index < -0.39 is 0 Å². The Bertz CT molecular complexity index is 1780. The molecule has 2 N–H and O–H groups in total. The zero-order valence-electron chi connectivity index (χ0n) is 26.5. The Balaban J connectivity index is 1.20. The van der Waals surface area contributed by atoms with E-state index in [9.17, 15) is 4.79 Å². The highest BCUT2D eigenvalue weighted by atomic mass is 35.5. The number of H-pyrrole nitrogens is 1. The van der Waals surface area contributed by atoms with Crippen LogP contribution in [0.2, 0.25) is 10.0 Å². The van der Waals surface area contributed by atoms with E-state index in [4.69, 9.17) is 28.2 Å².